The van der Waals surface area contributed by atoms with Crippen molar-refractivity contribution in [3.05, 3.63) is 39.8 Å². The van der Waals surface area contributed by atoms with Crippen LogP contribution in [0.25, 0.3) is 0 Å². The number of hydrogen-bond donors (Lipinski definition) is 2. The SMILES string of the molecule is CCOC(=O)C1=C(CN(C)c2ccc(Br)cc2F)NC(=O)NC1C. The van der Waals surface area contributed by atoms with E-state index in [2.05, 4.69) is 26.6 Å². The topological polar surface area (TPSA) is 70.7 Å². The summed E-state index contributed by atoms with van der Waals surface area (Å²) < 4.78 is 19.8. The van der Waals surface area contributed by atoms with E-state index in [1.807, 2.05) is 0 Å². The summed E-state index contributed by atoms with van der Waals surface area (Å²) in [5.74, 6) is -0.907. The maximum atomic E-state index is 14.1. The Kier molecular flexibility index (Phi) is 5.82. The molecule has 130 valence electrons. The molecular weight excluding hydrogens is 381 g/mol. The molecule has 8 heteroatoms. The molecule has 2 N–H and O–H groups in total. The Balaban J connectivity index is 2.32. The lowest BCUT2D eigenvalue weighted by atomic mass is 10.0. The Morgan fingerprint density at radius 2 is 2.17 bits per heavy atom. The zero-order valence-electron chi connectivity index (χ0n) is 13.7. The van der Waals surface area contributed by atoms with Crippen molar-refractivity contribution in [3.63, 3.8) is 0 Å². The van der Waals surface area contributed by atoms with Crippen LogP contribution in [0.3, 0.4) is 0 Å². The number of likely N-dealkylation sites (N-methyl/N-ethyl adjacent to an activating group) is 1. The predicted octanol–water partition coefficient (Wildman–Crippen LogP) is 2.54. The second kappa shape index (κ2) is 7.65. The number of nitrogens with one attached hydrogen (secondary N) is 2. The average Bonchev–Trinajstić information content (AvgIpc) is 2.46. The van der Waals surface area contributed by atoms with Crippen LogP contribution in [0.2, 0.25) is 0 Å². The summed E-state index contributed by atoms with van der Waals surface area (Å²) in [7, 11) is 1.68. The molecule has 24 heavy (non-hydrogen) atoms. The molecule has 0 saturated carbocycles. The lowest BCUT2D eigenvalue weighted by molar-refractivity contribution is -0.138. The van der Waals surface area contributed by atoms with Crippen molar-refractivity contribution in [2.45, 2.75) is 19.9 Å². The average molecular weight is 400 g/mol. The number of carbonyl (C=O) groups excluding carboxylic acids is 2. The zero-order chi connectivity index (χ0) is 17.9. The van der Waals surface area contributed by atoms with E-state index in [9.17, 15) is 14.0 Å². The number of halogens is 2. The summed E-state index contributed by atoms with van der Waals surface area (Å²) in [5, 5.41) is 5.25. The number of carbonyl (C=O) groups is 2. The van der Waals surface area contributed by atoms with Gasteiger partial charge in [-0.1, -0.05) is 15.9 Å². The van der Waals surface area contributed by atoms with Gasteiger partial charge in [0.2, 0.25) is 0 Å². The molecule has 1 aliphatic heterocycles. The second-order valence-electron chi connectivity index (χ2n) is 5.38. The highest BCUT2D eigenvalue weighted by atomic mass is 79.9. The summed E-state index contributed by atoms with van der Waals surface area (Å²) in [6.07, 6.45) is 0. The fourth-order valence-electron chi connectivity index (χ4n) is 2.52. The number of benzene rings is 1. The van der Waals surface area contributed by atoms with Crippen LogP contribution >= 0.6 is 15.9 Å². The second-order valence-corrected chi connectivity index (χ2v) is 6.30. The third kappa shape index (κ3) is 4.05. The van der Waals surface area contributed by atoms with E-state index in [1.165, 1.54) is 6.07 Å². The monoisotopic (exact) mass is 399 g/mol. The first-order valence-corrected chi connectivity index (χ1v) is 8.26. The molecular formula is C16H19BrFN3O3. The van der Waals surface area contributed by atoms with Crippen molar-refractivity contribution >= 4 is 33.6 Å². The van der Waals surface area contributed by atoms with Gasteiger partial charge in [0, 0.05) is 11.5 Å². The molecule has 0 saturated heterocycles. The van der Waals surface area contributed by atoms with E-state index in [1.54, 1.807) is 37.9 Å². The van der Waals surface area contributed by atoms with Crippen molar-refractivity contribution in [1.82, 2.24) is 10.6 Å². The van der Waals surface area contributed by atoms with Gasteiger partial charge >= 0.3 is 12.0 Å². The molecule has 1 aliphatic rings. The third-order valence-corrected chi connectivity index (χ3v) is 4.08. The van der Waals surface area contributed by atoms with Crippen molar-refractivity contribution in [1.29, 1.82) is 0 Å². The van der Waals surface area contributed by atoms with Crippen LogP contribution in [0.5, 0.6) is 0 Å². The van der Waals surface area contributed by atoms with Crippen molar-refractivity contribution in [3.8, 4) is 0 Å². The number of urea groups is 1. The Morgan fingerprint density at radius 1 is 1.46 bits per heavy atom. The van der Waals surface area contributed by atoms with Crippen LogP contribution in [0.4, 0.5) is 14.9 Å². The van der Waals surface area contributed by atoms with Gasteiger partial charge in [-0.3, -0.25) is 0 Å². The fraction of sp³-hybridized carbons (Fsp3) is 0.375. The summed E-state index contributed by atoms with van der Waals surface area (Å²) in [4.78, 5) is 25.5. The Hall–Kier alpha value is -2.09. The van der Waals surface area contributed by atoms with Crippen LogP contribution in [-0.2, 0) is 9.53 Å². The highest BCUT2D eigenvalue weighted by Crippen LogP contribution is 2.24. The zero-order valence-corrected chi connectivity index (χ0v) is 15.2. The molecule has 1 aromatic rings. The highest BCUT2D eigenvalue weighted by Gasteiger charge is 2.30. The molecule has 2 amide bonds. The fourth-order valence-corrected chi connectivity index (χ4v) is 2.85. The minimum atomic E-state index is -0.503. The summed E-state index contributed by atoms with van der Waals surface area (Å²) in [6.45, 7) is 3.80. The minimum Gasteiger partial charge on any atom is -0.463 e. The Morgan fingerprint density at radius 3 is 2.79 bits per heavy atom. The number of hydrogen-bond acceptors (Lipinski definition) is 4. The summed E-state index contributed by atoms with van der Waals surface area (Å²) in [6, 6.07) is 3.80. The highest BCUT2D eigenvalue weighted by molar-refractivity contribution is 9.10. The summed E-state index contributed by atoms with van der Waals surface area (Å²) >= 11 is 3.21. The molecule has 0 fully saturated rings. The quantitative estimate of drug-likeness (QED) is 0.746. The predicted molar refractivity (Wildman–Crippen MR) is 92.2 cm³/mol. The van der Waals surface area contributed by atoms with Crippen LogP contribution in [0.15, 0.2) is 33.9 Å². The molecule has 0 spiro atoms. The largest absolute Gasteiger partial charge is 0.463 e. The van der Waals surface area contributed by atoms with Crippen LogP contribution in [0, 0.1) is 5.82 Å². The van der Waals surface area contributed by atoms with Crippen molar-refractivity contribution in [2.24, 2.45) is 0 Å². The van der Waals surface area contributed by atoms with E-state index in [4.69, 9.17) is 4.74 Å². The first kappa shape index (κ1) is 18.3. The number of rotatable bonds is 5. The van der Waals surface area contributed by atoms with E-state index in [0.29, 0.717) is 21.4 Å². The van der Waals surface area contributed by atoms with Crippen LogP contribution in [0.1, 0.15) is 13.8 Å². The van der Waals surface area contributed by atoms with Crippen molar-refractivity contribution in [2.75, 3.05) is 25.1 Å². The molecule has 1 heterocycles. The number of anilines is 1. The van der Waals surface area contributed by atoms with Gasteiger partial charge in [0.15, 0.2) is 0 Å². The van der Waals surface area contributed by atoms with Gasteiger partial charge in [-0.05, 0) is 32.0 Å². The first-order valence-electron chi connectivity index (χ1n) is 7.47. The number of esters is 1. The van der Waals surface area contributed by atoms with Gasteiger partial charge in [0.05, 0.1) is 36.2 Å². The minimum absolute atomic E-state index is 0.157. The van der Waals surface area contributed by atoms with Gasteiger partial charge in [-0.15, -0.1) is 0 Å². The van der Waals surface area contributed by atoms with Gasteiger partial charge in [0.25, 0.3) is 0 Å². The molecule has 0 radical (unpaired) electrons. The molecule has 1 atom stereocenters. The number of amides is 2. The summed E-state index contributed by atoms with van der Waals surface area (Å²) in [5.41, 5.74) is 1.09. The maximum Gasteiger partial charge on any atom is 0.337 e. The molecule has 0 aliphatic carbocycles. The molecule has 0 aromatic heterocycles. The normalized spacial score (nSPS) is 17.2. The van der Waals surface area contributed by atoms with Crippen molar-refractivity contribution < 1.29 is 18.7 Å². The molecule has 6 nitrogen and oxygen atoms in total. The molecule has 2 rings (SSSR count). The van der Waals surface area contributed by atoms with E-state index in [0.717, 1.165) is 0 Å². The molecule has 1 unspecified atom stereocenters. The number of ether oxygens (including phenoxy) is 1. The van der Waals surface area contributed by atoms with Gasteiger partial charge in [-0.25, -0.2) is 14.0 Å². The Labute approximate surface area is 148 Å². The molecule has 0 bridgehead atoms. The van der Waals surface area contributed by atoms with E-state index < -0.39 is 23.9 Å². The maximum absolute atomic E-state index is 14.1. The third-order valence-electron chi connectivity index (χ3n) is 3.58. The van der Waals surface area contributed by atoms with Crippen LogP contribution < -0.4 is 15.5 Å². The smallest absolute Gasteiger partial charge is 0.337 e. The van der Waals surface area contributed by atoms with E-state index in [-0.39, 0.29) is 13.2 Å². The lowest BCUT2D eigenvalue weighted by Gasteiger charge is -2.29. The van der Waals surface area contributed by atoms with Crippen LogP contribution in [-0.4, -0.2) is 38.2 Å². The first-order chi connectivity index (χ1) is 11.3. The number of nitrogens with zero attached hydrogens (tertiary/aromatic N) is 1. The van der Waals surface area contributed by atoms with Gasteiger partial charge in [0.1, 0.15) is 5.82 Å². The van der Waals surface area contributed by atoms with Gasteiger partial charge < -0.3 is 20.3 Å². The molecule has 1 aromatic carbocycles. The Bertz CT molecular complexity index is 693. The van der Waals surface area contributed by atoms with E-state index >= 15 is 0 Å². The van der Waals surface area contributed by atoms with Gasteiger partial charge in [-0.2, -0.15) is 0 Å². The lowest BCUT2D eigenvalue weighted by Crippen LogP contribution is -2.51. The standard InChI is InChI=1S/C16H19BrFN3O3/c1-4-24-15(22)14-9(2)19-16(23)20-12(14)8-21(3)13-6-5-10(17)7-11(13)18/h5-7,9H,4,8H2,1-3H3,(H2,19,20,23).